The summed E-state index contributed by atoms with van der Waals surface area (Å²) in [5.74, 6) is -0.303. The van der Waals surface area contributed by atoms with E-state index in [0.717, 1.165) is 18.4 Å². The van der Waals surface area contributed by atoms with Gasteiger partial charge in [-0.25, -0.2) is 0 Å². The van der Waals surface area contributed by atoms with Gasteiger partial charge in [0.2, 0.25) is 0 Å². The zero-order valence-electron chi connectivity index (χ0n) is 11.9. The third kappa shape index (κ3) is 3.58. The van der Waals surface area contributed by atoms with Gasteiger partial charge in [0.1, 0.15) is 5.60 Å². The fraction of sp³-hybridized carbons (Fsp3) is 0.562. The second-order valence-electron chi connectivity index (χ2n) is 5.78. The van der Waals surface area contributed by atoms with Crippen molar-refractivity contribution in [1.82, 2.24) is 5.32 Å². The summed E-state index contributed by atoms with van der Waals surface area (Å²) in [5.41, 5.74) is -0.362. The summed E-state index contributed by atoms with van der Waals surface area (Å²) in [7, 11) is 0. The number of carbonyl (C=O) groups is 1. The Morgan fingerprint density at radius 3 is 2.50 bits per heavy atom. The highest BCUT2D eigenvalue weighted by molar-refractivity contribution is 5.85. The molecule has 1 saturated carbocycles. The van der Waals surface area contributed by atoms with Crippen LogP contribution >= 0.6 is 0 Å². The first kappa shape index (κ1) is 15.0. The van der Waals surface area contributed by atoms with Gasteiger partial charge in [0.15, 0.2) is 0 Å². The van der Waals surface area contributed by atoms with Crippen LogP contribution in [0.3, 0.4) is 0 Å². The second kappa shape index (κ2) is 6.37. The lowest BCUT2D eigenvalue weighted by molar-refractivity contribution is -0.140. The van der Waals surface area contributed by atoms with Crippen LogP contribution < -0.4 is 5.32 Å². The largest absolute Gasteiger partial charge is 0.388 e. The number of benzene rings is 1. The zero-order chi connectivity index (χ0) is 14.6. The summed E-state index contributed by atoms with van der Waals surface area (Å²) >= 11 is 0. The van der Waals surface area contributed by atoms with Crippen molar-refractivity contribution in [2.24, 2.45) is 0 Å². The van der Waals surface area contributed by atoms with E-state index in [1.54, 1.807) is 0 Å². The van der Waals surface area contributed by atoms with Crippen molar-refractivity contribution in [2.45, 2.75) is 56.8 Å². The molecule has 110 valence electrons. The molecule has 0 aliphatic heterocycles. The Labute approximate surface area is 119 Å². The highest BCUT2D eigenvalue weighted by atomic mass is 16.3. The molecule has 0 spiro atoms. The first-order valence-electron chi connectivity index (χ1n) is 7.27. The summed E-state index contributed by atoms with van der Waals surface area (Å²) < 4.78 is 0. The molecule has 0 heterocycles. The number of amides is 1. The zero-order valence-corrected chi connectivity index (χ0v) is 11.9. The van der Waals surface area contributed by atoms with Gasteiger partial charge >= 0.3 is 0 Å². The quantitative estimate of drug-likeness (QED) is 0.770. The number of carbonyl (C=O) groups excluding carboxylic acids is 1. The number of aliphatic hydroxyl groups is 2. The predicted octanol–water partition coefficient (Wildman–Crippen LogP) is 1.92. The van der Waals surface area contributed by atoms with Crippen molar-refractivity contribution >= 4 is 5.91 Å². The van der Waals surface area contributed by atoms with Gasteiger partial charge in [-0.1, -0.05) is 30.3 Å². The van der Waals surface area contributed by atoms with Gasteiger partial charge in [-0.15, -0.1) is 0 Å². The first-order chi connectivity index (χ1) is 9.51. The van der Waals surface area contributed by atoms with Gasteiger partial charge in [-0.05, 0) is 44.6 Å². The Morgan fingerprint density at radius 1 is 1.30 bits per heavy atom. The number of hydrogen-bond acceptors (Lipinski definition) is 3. The van der Waals surface area contributed by atoms with E-state index in [1.165, 1.54) is 0 Å². The molecule has 1 aliphatic rings. The molecule has 1 aromatic rings. The normalized spacial score (nSPS) is 20.4. The molecular formula is C16H23NO3. The van der Waals surface area contributed by atoms with E-state index in [-0.39, 0.29) is 11.9 Å². The predicted molar refractivity (Wildman–Crippen MR) is 77.0 cm³/mol. The molecule has 0 aromatic heterocycles. The molecule has 1 aromatic carbocycles. The van der Waals surface area contributed by atoms with Crippen LogP contribution in [0.4, 0.5) is 0 Å². The van der Waals surface area contributed by atoms with E-state index in [2.05, 4.69) is 5.32 Å². The highest BCUT2D eigenvalue weighted by Gasteiger charge is 2.39. The summed E-state index contributed by atoms with van der Waals surface area (Å²) in [6.45, 7) is 1.85. The third-order valence-corrected chi connectivity index (χ3v) is 3.99. The first-order valence-corrected chi connectivity index (χ1v) is 7.27. The lowest BCUT2D eigenvalue weighted by atomic mass is 9.99. The van der Waals surface area contributed by atoms with E-state index in [1.807, 2.05) is 37.3 Å². The molecule has 1 aliphatic carbocycles. The Balaban J connectivity index is 1.86. The molecule has 1 fully saturated rings. The molecule has 4 nitrogen and oxygen atoms in total. The molecule has 2 rings (SSSR count). The fourth-order valence-corrected chi connectivity index (χ4v) is 2.75. The maximum Gasteiger partial charge on any atom is 0.252 e. The van der Waals surface area contributed by atoms with E-state index in [0.29, 0.717) is 19.3 Å². The summed E-state index contributed by atoms with van der Waals surface area (Å²) in [4.78, 5) is 12.1. The van der Waals surface area contributed by atoms with Crippen molar-refractivity contribution in [2.75, 3.05) is 0 Å². The van der Waals surface area contributed by atoms with Crippen molar-refractivity contribution in [3.63, 3.8) is 0 Å². The maximum atomic E-state index is 12.1. The van der Waals surface area contributed by atoms with Gasteiger partial charge < -0.3 is 15.5 Å². The Morgan fingerprint density at radius 2 is 1.90 bits per heavy atom. The Hall–Kier alpha value is -1.39. The smallest absolute Gasteiger partial charge is 0.252 e. The van der Waals surface area contributed by atoms with Crippen LogP contribution in [-0.4, -0.2) is 27.8 Å². The summed E-state index contributed by atoms with van der Waals surface area (Å²) in [5, 5.41) is 23.1. The molecule has 1 amide bonds. The van der Waals surface area contributed by atoms with E-state index < -0.39 is 11.7 Å². The molecule has 0 radical (unpaired) electrons. The molecule has 0 saturated heterocycles. The topological polar surface area (TPSA) is 69.6 Å². The fourth-order valence-electron chi connectivity index (χ4n) is 2.75. The standard InChI is InChI=1S/C16H23NO3/c1-12(11-14(18)13-7-3-2-4-8-13)17-15(19)16(20)9-5-6-10-16/h2-4,7-8,12,14,18,20H,5-6,9-11H2,1H3,(H,17,19)/t12-,14-/m0/s1. The summed E-state index contributed by atoms with van der Waals surface area (Å²) in [6.07, 6.45) is 2.69. The van der Waals surface area contributed by atoms with Crippen molar-refractivity contribution in [3.8, 4) is 0 Å². The van der Waals surface area contributed by atoms with Gasteiger partial charge in [0, 0.05) is 6.04 Å². The molecular weight excluding hydrogens is 254 g/mol. The van der Waals surface area contributed by atoms with Gasteiger partial charge in [0.05, 0.1) is 6.10 Å². The lowest BCUT2D eigenvalue weighted by Gasteiger charge is -2.25. The van der Waals surface area contributed by atoms with Gasteiger partial charge in [0.25, 0.3) is 5.91 Å². The molecule has 3 N–H and O–H groups in total. The van der Waals surface area contributed by atoms with E-state index in [9.17, 15) is 15.0 Å². The molecule has 2 atom stereocenters. The van der Waals surface area contributed by atoms with Crippen molar-refractivity contribution in [3.05, 3.63) is 35.9 Å². The highest BCUT2D eigenvalue weighted by Crippen LogP contribution is 2.29. The van der Waals surface area contributed by atoms with E-state index >= 15 is 0 Å². The van der Waals surface area contributed by atoms with Gasteiger partial charge in [-0.3, -0.25) is 4.79 Å². The maximum absolute atomic E-state index is 12.1. The van der Waals surface area contributed by atoms with Gasteiger partial charge in [-0.2, -0.15) is 0 Å². The Kier molecular flexibility index (Phi) is 4.78. The van der Waals surface area contributed by atoms with Crippen LogP contribution in [0.1, 0.15) is 50.7 Å². The summed E-state index contributed by atoms with van der Waals surface area (Å²) in [6, 6.07) is 9.21. The molecule has 0 bridgehead atoms. The SMILES string of the molecule is C[C@@H](C[C@H](O)c1ccccc1)NC(=O)C1(O)CCCC1. The monoisotopic (exact) mass is 277 g/mol. The van der Waals surface area contributed by atoms with Crippen LogP contribution in [0, 0.1) is 0 Å². The van der Waals surface area contributed by atoms with Crippen molar-refractivity contribution in [1.29, 1.82) is 0 Å². The average Bonchev–Trinajstić information content (AvgIpc) is 2.88. The second-order valence-corrected chi connectivity index (χ2v) is 5.78. The number of hydrogen-bond donors (Lipinski definition) is 3. The molecule has 20 heavy (non-hydrogen) atoms. The number of rotatable bonds is 5. The van der Waals surface area contributed by atoms with Crippen molar-refractivity contribution < 1.29 is 15.0 Å². The third-order valence-electron chi connectivity index (χ3n) is 3.99. The minimum atomic E-state index is -1.20. The van der Waals surface area contributed by atoms with Crippen LogP contribution in [0.15, 0.2) is 30.3 Å². The lowest BCUT2D eigenvalue weighted by Crippen LogP contribution is -2.48. The average molecular weight is 277 g/mol. The van der Waals surface area contributed by atoms with Crippen LogP contribution in [-0.2, 0) is 4.79 Å². The minimum Gasteiger partial charge on any atom is -0.388 e. The number of aliphatic hydroxyl groups excluding tert-OH is 1. The van der Waals surface area contributed by atoms with Crippen LogP contribution in [0.2, 0.25) is 0 Å². The van der Waals surface area contributed by atoms with Crippen LogP contribution in [0.25, 0.3) is 0 Å². The Bertz CT molecular complexity index is 440. The molecule has 4 heteroatoms. The van der Waals surface area contributed by atoms with Crippen LogP contribution in [0.5, 0.6) is 0 Å². The minimum absolute atomic E-state index is 0.178. The number of nitrogens with one attached hydrogen (secondary N) is 1. The molecule has 0 unspecified atom stereocenters. The van der Waals surface area contributed by atoms with E-state index in [4.69, 9.17) is 0 Å².